The number of esters is 2. The molecule has 0 aliphatic carbocycles. The van der Waals surface area contributed by atoms with E-state index in [2.05, 4.69) is 5.32 Å². The van der Waals surface area contributed by atoms with Crippen LogP contribution in [0.1, 0.15) is 57.7 Å². The number of para-hydroxylation sites is 1. The Labute approximate surface area is 316 Å². The highest BCUT2D eigenvalue weighted by Gasteiger charge is 2.48. The number of fused-ring (bicyclic) bond motifs is 2. The summed E-state index contributed by atoms with van der Waals surface area (Å²) in [5.74, 6) is -1.86. The van der Waals surface area contributed by atoms with Gasteiger partial charge in [0.2, 0.25) is 5.91 Å². The molecule has 3 atom stereocenters. The summed E-state index contributed by atoms with van der Waals surface area (Å²) < 4.78 is 28.2. The third kappa shape index (κ3) is 8.85. The van der Waals surface area contributed by atoms with E-state index in [0.29, 0.717) is 45.7 Å². The second-order valence-electron chi connectivity index (χ2n) is 12.7. The first kappa shape index (κ1) is 38.3. The van der Waals surface area contributed by atoms with Crippen molar-refractivity contribution >= 4 is 40.4 Å². The van der Waals surface area contributed by atoms with Crippen LogP contribution in [0.5, 0.6) is 11.5 Å². The molecule has 0 spiro atoms. The van der Waals surface area contributed by atoms with Crippen LogP contribution < -0.4 is 25.3 Å². The molecule has 1 aliphatic rings. The van der Waals surface area contributed by atoms with Gasteiger partial charge in [0, 0.05) is 35.2 Å². The van der Waals surface area contributed by atoms with Crippen molar-refractivity contribution in [3.63, 3.8) is 0 Å². The Bertz CT molecular complexity index is 2220. The molecule has 2 heterocycles. The van der Waals surface area contributed by atoms with Gasteiger partial charge in [-0.3, -0.25) is 14.4 Å². The van der Waals surface area contributed by atoms with E-state index in [1.807, 2.05) is 0 Å². The molecule has 2 N–H and O–H groups in total. The average Bonchev–Trinajstić information content (AvgIpc) is 3.19. The zero-order valence-corrected chi connectivity index (χ0v) is 30.3. The summed E-state index contributed by atoms with van der Waals surface area (Å²) in [6.45, 7) is 1.73. The van der Waals surface area contributed by atoms with E-state index in [-0.39, 0.29) is 31.8 Å². The zero-order valence-electron chi connectivity index (χ0n) is 30.3. The minimum Gasteiger partial charge on any atom is -0.497 e. The molecule has 4 aromatic carbocycles. The minimum absolute atomic E-state index is 0.0350. The maximum Gasteiger partial charge on any atom is 0.351 e. The van der Waals surface area contributed by atoms with Gasteiger partial charge in [-0.1, -0.05) is 48.5 Å². The fourth-order valence-electron chi connectivity index (χ4n) is 6.50. The van der Waals surface area contributed by atoms with Gasteiger partial charge in [0.1, 0.15) is 28.7 Å². The van der Waals surface area contributed by atoms with Crippen LogP contribution >= 0.6 is 0 Å². The standard InChI is InChI=1S/C42H40N2O11/c1-3-52-37(47)25-34-39(55-42(50)32-23-28-12-7-8-13-35(28)54-41(32)49)38(43-40(48)27-10-5-4-6-11-27)31-24-30(53-21-9-20-45)18-19-33(31)44(34)36(46)22-26-14-16-29(51-2)17-15-26/h4-8,10-19,23-24,34,38-39,45H,3,9,20-22,25H2,1-2H3,(H,43,48)/t34-,38-,39-/m0/s1. The lowest BCUT2D eigenvalue weighted by molar-refractivity contribution is -0.144. The third-order valence-corrected chi connectivity index (χ3v) is 9.10. The number of hydrogen-bond donors (Lipinski definition) is 2. The number of ether oxygens (including phenoxy) is 4. The first-order valence-electron chi connectivity index (χ1n) is 17.8. The largest absolute Gasteiger partial charge is 0.497 e. The Kier molecular flexibility index (Phi) is 12.2. The molecular formula is C42H40N2O11. The smallest absolute Gasteiger partial charge is 0.351 e. The van der Waals surface area contributed by atoms with Crippen molar-refractivity contribution in [2.45, 2.75) is 44.4 Å². The van der Waals surface area contributed by atoms with E-state index in [0.717, 1.165) is 0 Å². The van der Waals surface area contributed by atoms with E-state index in [9.17, 15) is 29.1 Å². The fourth-order valence-corrected chi connectivity index (χ4v) is 6.50. The molecule has 5 aromatic rings. The monoisotopic (exact) mass is 748 g/mol. The van der Waals surface area contributed by atoms with Gasteiger partial charge >= 0.3 is 17.6 Å². The van der Waals surface area contributed by atoms with Crippen molar-refractivity contribution in [3.05, 3.63) is 136 Å². The number of methoxy groups -OCH3 is 1. The topological polar surface area (TPSA) is 171 Å². The van der Waals surface area contributed by atoms with Gasteiger partial charge < -0.3 is 38.7 Å². The van der Waals surface area contributed by atoms with Crippen LogP contribution in [0, 0.1) is 0 Å². The Hall–Kier alpha value is -6.47. The molecule has 0 radical (unpaired) electrons. The molecular weight excluding hydrogens is 708 g/mol. The van der Waals surface area contributed by atoms with Crippen LogP contribution in [0.25, 0.3) is 11.0 Å². The number of anilines is 1. The molecule has 1 aromatic heterocycles. The van der Waals surface area contributed by atoms with Gasteiger partial charge in [-0.2, -0.15) is 0 Å². The molecule has 1 aliphatic heterocycles. The van der Waals surface area contributed by atoms with Crippen molar-refractivity contribution in [1.29, 1.82) is 0 Å². The first-order valence-corrected chi connectivity index (χ1v) is 17.8. The van der Waals surface area contributed by atoms with Gasteiger partial charge in [0.15, 0.2) is 0 Å². The Morgan fingerprint density at radius 2 is 1.62 bits per heavy atom. The van der Waals surface area contributed by atoms with Gasteiger partial charge in [-0.15, -0.1) is 0 Å². The van der Waals surface area contributed by atoms with Crippen molar-refractivity contribution < 1.29 is 47.6 Å². The molecule has 0 bridgehead atoms. The zero-order chi connectivity index (χ0) is 38.9. The molecule has 55 heavy (non-hydrogen) atoms. The summed E-state index contributed by atoms with van der Waals surface area (Å²) >= 11 is 0. The van der Waals surface area contributed by atoms with Crippen LogP contribution in [0.4, 0.5) is 5.69 Å². The first-order chi connectivity index (χ1) is 26.7. The summed E-state index contributed by atoms with van der Waals surface area (Å²) in [6, 6.07) is 25.7. The van der Waals surface area contributed by atoms with E-state index in [1.54, 1.807) is 104 Å². The van der Waals surface area contributed by atoms with Crippen LogP contribution in [0.2, 0.25) is 0 Å². The molecule has 13 heteroatoms. The highest BCUT2D eigenvalue weighted by Crippen LogP contribution is 2.43. The molecule has 0 fully saturated rings. The van der Waals surface area contributed by atoms with E-state index in [4.69, 9.17) is 23.4 Å². The number of hydrogen-bond acceptors (Lipinski definition) is 11. The van der Waals surface area contributed by atoms with Gasteiger partial charge in [0.25, 0.3) is 5.91 Å². The van der Waals surface area contributed by atoms with E-state index < -0.39 is 59.6 Å². The number of carbonyl (C=O) groups excluding carboxylic acids is 4. The SMILES string of the molecule is CCOC(=O)C[C@H]1[C@H](OC(=O)c2cc3ccccc3oc2=O)[C@@H](NC(=O)c2ccccc2)c2cc(OCCCO)ccc2N1C(=O)Cc1ccc(OC)cc1. The second kappa shape index (κ2) is 17.6. The van der Waals surface area contributed by atoms with Crippen LogP contribution in [0.3, 0.4) is 0 Å². The number of aliphatic hydroxyl groups is 1. The Morgan fingerprint density at radius 1 is 0.891 bits per heavy atom. The summed E-state index contributed by atoms with van der Waals surface area (Å²) in [5.41, 5.74) is 0.444. The lowest BCUT2D eigenvalue weighted by atomic mass is 9.85. The molecule has 0 saturated heterocycles. The molecule has 284 valence electrons. The average molecular weight is 749 g/mol. The predicted octanol–water partition coefficient (Wildman–Crippen LogP) is 5.17. The highest BCUT2D eigenvalue weighted by molar-refractivity contribution is 5.99. The van der Waals surface area contributed by atoms with Crippen molar-refractivity contribution in [3.8, 4) is 11.5 Å². The number of carbonyl (C=O) groups is 4. The number of benzene rings is 4. The van der Waals surface area contributed by atoms with Crippen LogP contribution in [0.15, 0.2) is 112 Å². The summed E-state index contributed by atoms with van der Waals surface area (Å²) in [5, 5.41) is 12.8. The normalized spacial score (nSPS) is 16.1. The van der Waals surface area contributed by atoms with E-state index in [1.165, 1.54) is 18.1 Å². The van der Waals surface area contributed by atoms with E-state index >= 15 is 0 Å². The number of amides is 2. The van der Waals surface area contributed by atoms with Crippen molar-refractivity contribution in [2.75, 3.05) is 31.8 Å². The molecule has 2 amide bonds. The van der Waals surface area contributed by atoms with Crippen molar-refractivity contribution in [1.82, 2.24) is 5.32 Å². The lowest BCUT2D eigenvalue weighted by Crippen LogP contribution is -2.58. The summed E-state index contributed by atoms with van der Waals surface area (Å²) in [7, 11) is 1.53. The predicted molar refractivity (Wildman–Crippen MR) is 201 cm³/mol. The number of nitrogens with zero attached hydrogens (tertiary/aromatic N) is 1. The fraction of sp³-hybridized carbons (Fsp3) is 0.262. The van der Waals surface area contributed by atoms with Gasteiger partial charge in [0.05, 0.1) is 45.2 Å². The molecule has 0 saturated carbocycles. The maximum absolute atomic E-state index is 14.6. The highest BCUT2D eigenvalue weighted by atomic mass is 16.6. The summed E-state index contributed by atoms with van der Waals surface area (Å²) in [6.07, 6.45) is -1.70. The Balaban J connectivity index is 1.51. The van der Waals surface area contributed by atoms with Crippen LogP contribution in [-0.2, 0) is 25.5 Å². The van der Waals surface area contributed by atoms with Gasteiger partial charge in [-0.25, -0.2) is 9.59 Å². The number of aliphatic hydroxyl groups excluding tert-OH is 1. The van der Waals surface area contributed by atoms with Crippen LogP contribution in [-0.4, -0.2) is 67.9 Å². The second-order valence-corrected chi connectivity index (χ2v) is 12.7. The quantitative estimate of drug-likeness (QED) is 0.0873. The van der Waals surface area contributed by atoms with Gasteiger partial charge in [-0.05, 0) is 67.1 Å². The molecule has 6 rings (SSSR count). The maximum atomic E-state index is 14.6. The molecule has 0 unspecified atom stereocenters. The number of rotatable bonds is 14. The lowest BCUT2D eigenvalue weighted by Gasteiger charge is -2.45. The molecule has 13 nitrogen and oxygen atoms in total. The minimum atomic E-state index is -1.46. The third-order valence-electron chi connectivity index (χ3n) is 9.10. The number of nitrogens with one attached hydrogen (secondary N) is 1. The van der Waals surface area contributed by atoms with Crippen molar-refractivity contribution in [2.24, 2.45) is 0 Å². The summed E-state index contributed by atoms with van der Waals surface area (Å²) in [4.78, 5) is 70.5. The Morgan fingerprint density at radius 3 is 2.35 bits per heavy atom.